The molecule has 0 fully saturated rings. The van der Waals surface area contributed by atoms with Crippen LogP contribution in [0.2, 0.25) is 0 Å². The van der Waals surface area contributed by atoms with E-state index in [1.807, 2.05) is 0 Å². The minimum atomic E-state index is -3.22. The molecule has 0 spiro atoms. The van der Waals surface area contributed by atoms with Crippen LogP contribution in [0.15, 0.2) is 28.8 Å². The van der Waals surface area contributed by atoms with Crippen molar-refractivity contribution in [2.45, 2.75) is 0 Å². The van der Waals surface area contributed by atoms with E-state index < -0.39 is 10.0 Å². The highest BCUT2D eigenvalue weighted by atomic mass is 32.2. The van der Waals surface area contributed by atoms with Crippen molar-refractivity contribution in [1.82, 2.24) is 4.90 Å². The van der Waals surface area contributed by atoms with E-state index in [1.54, 1.807) is 29.3 Å². The second-order valence-corrected chi connectivity index (χ2v) is 3.94. The van der Waals surface area contributed by atoms with E-state index in [4.69, 9.17) is 0 Å². The van der Waals surface area contributed by atoms with Gasteiger partial charge in [0.15, 0.2) is 0 Å². The van der Waals surface area contributed by atoms with Gasteiger partial charge in [0, 0.05) is 6.20 Å². The van der Waals surface area contributed by atoms with Crippen molar-refractivity contribution in [2.24, 2.45) is 4.40 Å². The Hall–Kier alpha value is -1.10. The summed E-state index contributed by atoms with van der Waals surface area (Å²) in [6, 6.07) is 0. The van der Waals surface area contributed by atoms with Gasteiger partial charge in [-0.25, -0.2) is 8.42 Å². The van der Waals surface area contributed by atoms with Gasteiger partial charge in [0.25, 0.3) is 10.0 Å². The molecule has 2 aliphatic rings. The molecule has 0 aromatic carbocycles. The van der Waals surface area contributed by atoms with Crippen molar-refractivity contribution in [2.75, 3.05) is 5.88 Å². The first kappa shape index (κ1) is 6.60. The second kappa shape index (κ2) is 1.94. The van der Waals surface area contributed by atoms with Crippen LogP contribution in [0.5, 0.6) is 0 Å². The SMILES string of the molecule is O=S1(=O)CN2C=CC=CC2=N1. The Morgan fingerprint density at radius 3 is 3.00 bits per heavy atom. The zero-order valence-corrected chi connectivity index (χ0v) is 6.45. The molecule has 0 saturated carbocycles. The number of nitrogens with zero attached hydrogens (tertiary/aromatic N) is 2. The summed E-state index contributed by atoms with van der Waals surface area (Å²) in [6.07, 6.45) is 6.91. The summed E-state index contributed by atoms with van der Waals surface area (Å²) in [5.74, 6) is 0.482. The van der Waals surface area contributed by atoms with Crippen LogP contribution in [0.1, 0.15) is 0 Å². The Balaban J connectivity index is 2.48. The monoisotopic (exact) mass is 170 g/mol. The molecule has 0 bridgehead atoms. The number of rotatable bonds is 0. The molecule has 0 aromatic heterocycles. The van der Waals surface area contributed by atoms with Gasteiger partial charge >= 0.3 is 0 Å². The van der Waals surface area contributed by atoms with Crippen molar-refractivity contribution in [1.29, 1.82) is 0 Å². The fourth-order valence-electron chi connectivity index (χ4n) is 1.01. The van der Waals surface area contributed by atoms with Gasteiger partial charge in [0.1, 0.15) is 11.7 Å². The predicted molar refractivity (Wildman–Crippen MR) is 41.3 cm³/mol. The smallest absolute Gasteiger partial charge is 0.273 e. The standard InChI is InChI=1S/C6H6N2O2S/c9-11(10)5-8-4-2-1-3-6(8)7-11/h1-4H,5H2. The van der Waals surface area contributed by atoms with Crippen LogP contribution in [0.3, 0.4) is 0 Å². The average molecular weight is 170 g/mol. The largest absolute Gasteiger partial charge is 0.315 e. The van der Waals surface area contributed by atoms with Crippen LogP contribution in [0.4, 0.5) is 0 Å². The maximum Gasteiger partial charge on any atom is 0.273 e. The summed E-state index contributed by atoms with van der Waals surface area (Å²) in [7, 11) is -3.22. The van der Waals surface area contributed by atoms with Gasteiger partial charge in [0.05, 0.1) is 0 Å². The predicted octanol–water partition coefficient (Wildman–Crippen LogP) is 0.0713. The molecule has 11 heavy (non-hydrogen) atoms. The number of fused-ring (bicyclic) bond motifs is 1. The topological polar surface area (TPSA) is 49.7 Å². The third-order valence-corrected chi connectivity index (χ3v) is 2.52. The first-order chi connectivity index (χ1) is 5.17. The molecule has 0 saturated heterocycles. The average Bonchev–Trinajstić information content (AvgIpc) is 2.21. The lowest BCUT2D eigenvalue weighted by molar-refractivity contribution is 0.578. The minimum Gasteiger partial charge on any atom is -0.315 e. The highest BCUT2D eigenvalue weighted by molar-refractivity contribution is 7.90. The summed E-state index contributed by atoms with van der Waals surface area (Å²) < 4.78 is 25.3. The number of sulfonamides is 1. The molecule has 58 valence electrons. The second-order valence-electron chi connectivity index (χ2n) is 2.33. The van der Waals surface area contributed by atoms with Crippen molar-refractivity contribution in [3.8, 4) is 0 Å². The lowest BCUT2D eigenvalue weighted by atomic mass is 10.3. The van der Waals surface area contributed by atoms with Crippen LogP contribution in [-0.4, -0.2) is 25.0 Å². The van der Waals surface area contributed by atoms with Gasteiger partial charge in [-0.3, -0.25) is 0 Å². The molecule has 0 unspecified atom stereocenters. The molecule has 2 aliphatic heterocycles. The molecule has 0 amide bonds. The van der Waals surface area contributed by atoms with Crippen molar-refractivity contribution >= 4 is 15.9 Å². The van der Waals surface area contributed by atoms with E-state index in [0.717, 1.165) is 0 Å². The molecule has 0 N–H and O–H groups in total. The molecule has 2 rings (SSSR count). The Bertz CT molecular complexity index is 364. The number of hydrogen-bond acceptors (Lipinski definition) is 3. The maximum atomic E-state index is 10.9. The molecule has 0 atom stereocenters. The van der Waals surface area contributed by atoms with Gasteiger partial charge in [-0.2, -0.15) is 0 Å². The zero-order valence-electron chi connectivity index (χ0n) is 5.64. The lowest BCUT2D eigenvalue weighted by Gasteiger charge is -2.11. The highest BCUT2D eigenvalue weighted by Crippen LogP contribution is 2.14. The Morgan fingerprint density at radius 2 is 2.27 bits per heavy atom. The summed E-state index contributed by atoms with van der Waals surface area (Å²) >= 11 is 0. The maximum absolute atomic E-state index is 10.9. The van der Waals surface area contributed by atoms with Gasteiger partial charge in [-0.15, -0.1) is 4.40 Å². The van der Waals surface area contributed by atoms with Crippen molar-refractivity contribution in [3.63, 3.8) is 0 Å². The summed E-state index contributed by atoms with van der Waals surface area (Å²) in [4.78, 5) is 1.59. The molecule has 5 heteroatoms. The first-order valence-electron chi connectivity index (χ1n) is 3.11. The number of allylic oxidation sites excluding steroid dienone is 2. The quantitative estimate of drug-likeness (QED) is 0.517. The normalized spacial score (nSPS) is 25.1. The lowest BCUT2D eigenvalue weighted by Crippen LogP contribution is -2.22. The number of hydrogen-bond donors (Lipinski definition) is 0. The van der Waals surface area contributed by atoms with E-state index in [2.05, 4.69) is 4.40 Å². The Kier molecular flexibility index (Phi) is 1.17. The van der Waals surface area contributed by atoms with E-state index in [9.17, 15) is 8.42 Å². The highest BCUT2D eigenvalue weighted by Gasteiger charge is 2.25. The van der Waals surface area contributed by atoms with Gasteiger partial charge in [-0.1, -0.05) is 6.08 Å². The molecule has 4 nitrogen and oxygen atoms in total. The third kappa shape index (κ3) is 1.07. The van der Waals surface area contributed by atoms with E-state index >= 15 is 0 Å². The summed E-state index contributed by atoms with van der Waals surface area (Å²) in [5, 5.41) is 0. The van der Waals surface area contributed by atoms with Crippen LogP contribution in [0.25, 0.3) is 0 Å². The third-order valence-electron chi connectivity index (χ3n) is 1.45. The molecule has 0 aliphatic carbocycles. The fraction of sp³-hybridized carbons (Fsp3) is 0.167. The minimum absolute atomic E-state index is 0.0246. The number of amidine groups is 1. The van der Waals surface area contributed by atoms with Crippen LogP contribution in [-0.2, 0) is 10.0 Å². The molecule has 0 aromatic rings. The molecular formula is C6H6N2O2S. The Morgan fingerprint density at radius 1 is 1.45 bits per heavy atom. The van der Waals surface area contributed by atoms with E-state index in [-0.39, 0.29) is 5.88 Å². The summed E-state index contributed by atoms with van der Waals surface area (Å²) in [5.41, 5.74) is 0. The van der Waals surface area contributed by atoms with Crippen LogP contribution < -0.4 is 0 Å². The van der Waals surface area contributed by atoms with Gasteiger partial charge in [0.2, 0.25) is 0 Å². The Labute approximate surface area is 64.6 Å². The molecule has 0 radical (unpaired) electrons. The van der Waals surface area contributed by atoms with Crippen molar-refractivity contribution in [3.05, 3.63) is 24.4 Å². The van der Waals surface area contributed by atoms with Crippen molar-refractivity contribution < 1.29 is 8.42 Å². The first-order valence-corrected chi connectivity index (χ1v) is 4.72. The molecular weight excluding hydrogens is 164 g/mol. The van der Waals surface area contributed by atoms with Crippen LogP contribution in [0, 0.1) is 0 Å². The van der Waals surface area contributed by atoms with Crippen LogP contribution >= 0.6 is 0 Å². The van der Waals surface area contributed by atoms with Gasteiger partial charge < -0.3 is 4.90 Å². The van der Waals surface area contributed by atoms with E-state index in [0.29, 0.717) is 5.84 Å². The fourth-order valence-corrected chi connectivity index (χ4v) is 2.08. The summed E-state index contributed by atoms with van der Waals surface area (Å²) in [6.45, 7) is 0. The van der Waals surface area contributed by atoms with E-state index in [1.165, 1.54) is 0 Å². The molecule has 2 heterocycles. The van der Waals surface area contributed by atoms with Gasteiger partial charge in [-0.05, 0) is 12.2 Å². The zero-order chi connectivity index (χ0) is 7.90.